The molecule has 1 fully saturated rings. The second-order valence-corrected chi connectivity index (χ2v) is 8.82. The number of benzene rings is 1. The van der Waals surface area contributed by atoms with Gasteiger partial charge in [-0.25, -0.2) is 9.97 Å². The van der Waals surface area contributed by atoms with Crippen molar-refractivity contribution in [1.29, 1.82) is 0 Å². The Morgan fingerprint density at radius 3 is 2.44 bits per heavy atom. The Morgan fingerprint density at radius 2 is 1.79 bits per heavy atom. The van der Waals surface area contributed by atoms with E-state index in [1.165, 1.54) is 6.07 Å². The summed E-state index contributed by atoms with van der Waals surface area (Å²) in [4.78, 5) is 17.9. The van der Waals surface area contributed by atoms with Gasteiger partial charge in [0.15, 0.2) is 5.65 Å². The molecule has 0 unspecified atom stereocenters. The van der Waals surface area contributed by atoms with Crippen LogP contribution in [0.25, 0.3) is 11.0 Å². The fourth-order valence-corrected chi connectivity index (χ4v) is 4.38. The number of hydrogen-bond donors (Lipinski definition) is 2. The van der Waals surface area contributed by atoms with Gasteiger partial charge in [0.05, 0.1) is 28.4 Å². The number of aryl methyl sites for hydroxylation is 1. The third-order valence-electron chi connectivity index (χ3n) is 6.14. The highest BCUT2D eigenvalue weighted by Gasteiger charge is 2.31. The van der Waals surface area contributed by atoms with Crippen molar-refractivity contribution >= 4 is 39.8 Å². The highest BCUT2D eigenvalue weighted by Crippen LogP contribution is 2.35. The molecule has 1 atom stereocenters. The maximum absolute atomic E-state index is 13.3. The zero-order chi connectivity index (χ0) is 24.6. The van der Waals surface area contributed by atoms with Crippen molar-refractivity contribution in [2.75, 3.05) is 48.7 Å². The highest BCUT2D eigenvalue weighted by molar-refractivity contribution is 6.28. The van der Waals surface area contributed by atoms with E-state index < -0.39 is 17.8 Å². The summed E-state index contributed by atoms with van der Waals surface area (Å²) in [5.41, 5.74) is 7.60. The van der Waals surface area contributed by atoms with Crippen molar-refractivity contribution in [1.82, 2.24) is 19.9 Å². The molecule has 1 aliphatic rings. The Bertz CT molecular complexity index is 1190. The third-order valence-corrected chi connectivity index (χ3v) is 6.31. The van der Waals surface area contributed by atoms with Crippen molar-refractivity contribution in [3.8, 4) is 0 Å². The number of rotatable bonds is 5. The molecule has 3 N–H and O–H groups in total. The van der Waals surface area contributed by atoms with Gasteiger partial charge < -0.3 is 20.9 Å². The standard InChI is InChI=1S/C23H27ClF3N7/c1-4-33-5-7-34(8-6-33)19-12-18-20(31-22(24)32-21(18)30-14(19)3)29-13(2)15-9-16(23(25,26)27)11-17(28)10-15/h9-13H,4-8,28H2,1-3H3,(H,29,30,31,32)/t13-/m1/s1. The topological polar surface area (TPSA) is 83.2 Å². The Balaban J connectivity index is 1.69. The SMILES string of the molecule is CCN1CCN(c2cc3c(N[C@H](C)c4cc(N)cc(C(F)(F)F)c4)nc(Cl)nc3nc2C)CC1. The molecule has 0 bridgehead atoms. The van der Waals surface area contributed by atoms with E-state index in [0.717, 1.165) is 56.2 Å². The summed E-state index contributed by atoms with van der Waals surface area (Å²) in [6.45, 7) is 10.5. The molecule has 1 saturated heterocycles. The van der Waals surface area contributed by atoms with Gasteiger partial charge in [-0.05, 0) is 61.8 Å². The van der Waals surface area contributed by atoms with Crippen LogP contribution in [0.4, 0.5) is 30.4 Å². The van der Waals surface area contributed by atoms with Crippen molar-refractivity contribution in [3.63, 3.8) is 0 Å². The molecule has 182 valence electrons. The molecule has 34 heavy (non-hydrogen) atoms. The Hall–Kier alpha value is -2.85. The second-order valence-electron chi connectivity index (χ2n) is 8.48. The maximum Gasteiger partial charge on any atom is 0.416 e. The van der Waals surface area contributed by atoms with Crippen molar-refractivity contribution in [3.05, 3.63) is 46.4 Å². The van der Waals surface area contributed by atoms with Crippen molar-refractivity contribution < 1.29 is 13.2 Å². The van der Waals surface area contributed by atoms with Crippen LogP contribution in [0, 0.1) is 6.92 Å². The van der Waals surface area contributed by atoms with Gasteiger partial charge in [0.1, 0.15) is 5.82 Å². The molecule has 3 aromatic rings. The molecule has 0 amide bonds. The van der Waals surface area contributed by atoms with Crippen LogP contribution in [0.1, 0.15) is 36.7 Å². The summed E-state index contributed by atoms with van der Waals surface area (Å²) in [6.07, 6.45) is -4.49. The van der Waals surface area contributed by atoms with Crippen LogP contribution in [0.5, 0.6) is 0 Å². The molecular formula is C23H27ClF3N7. The first kappa shape index (κ1) is 24.3. The quantitative estimate of drug-likeness (QED) is 0.386. The molecule has 11 heteroatoms. The fourth-order valence-electron chi connectivity index (χ4n) is 4.22. The molecular weight excluding hydrogens is 467 g/mol. The zero-order valence-corrected chi connectivity index (χ0v) is 20.0. The average Bonchev–Trinajstić information content (AvgIpc) is 2.77. The number of anilines is 3. The van der Waals surface area contributed by atoms with Gasteiger partial charge in [-0.3, -0.25) is 0 Å². The molecule has 0 radical (unpaired) electrons. The van der Waals surface area contributed by atoms with E-state index in [0.29, 0.717) is 22.4 Å². The molecule has 1 aliphatic heterocycles. The smallest absolute Gasteiger partial charge is 0.399 e. The minimum absolute atomic E-state index is 0.00182. The van der Waals surface area contributed by atoms with Crippen LogP contribution < -0.4 is 16.0 Å². The third kappa shape index (κ3) is 5.12. The normalized spacial score (nSPS) is 16.1. The predicted octanol–water partition coefficient (Wildman–Crippen LogP) is 4.90. The van der Waals surface area contributed by atoms with Gasteiger partial charge in [-0.15, -0.1) is 0 Å². The van der Waals surface area contributed by atoms with E-state index in [1.807, 2.05) is 13.0 Å². The monoisotopic (exact) mass is 493 g/mol. The molecule has 3 heterocycles. The fraction of sp³-hybridized carbons (Fsp3) is 0.435. The lowest BCUT2D eigenvalue weighted by Gasteiger charge is -2.36. The first-order valence-corrected chi connectivity index (χ1v) is 11.5. The first-order chi connectivity index (χ1) is 16.0. The second kappa shape index (κ2) is 9.42. The predicted molar refractivity (Wildman–Crippen MR) is 129 cm³/mol. The Kier molecular flexibility index (Phi) is 6.73. The van der Waals surface area contributed by atoms with E-state index in [-0.39, 0.29) is 11.0 Å². The van der Waals surface area contributed by atoms with Crippen LogP contribution in [0.15, 0.2) is 24.3 Å². The number of aromatic nitrogens is 3. The molecule has 7 nitrogen and oxygen atoms in total. The van der Waals surface area contributed by atoms with E-state index >= 15 is 0 Å². The number of nitrogen functional groups attached to an aromatic ring is 1. The summed E-state index contributed by atoms with van der Waals surface area (Å²) in [5, 5.41) is 3.84. The number of halogens is 4. The van der Waals surface area contributed by atoms with Gasteiger partial charge >= 0.3 is 6.18 Å². The minimum Gasteiger partial charge on any atom is -0.399 e. The zero-order valence-electron chi connectivity index (χ0n) is 19.2. The summed E-state index contributed by atoms with van der Waals surface area (Å²) in [7, 11) is 0. The number of likely N-dealkylation sites (N-methyl/N-ethyl adjacent to an activating group) is 1. The molecule has 4 rings (SSSR count). The highest BCUT2D eigenvalue weighted by atomic mass is 35.5. The molecule has 1 aromatic carbocycles. The Morgan fingerprint density at radius 1 is 1.09 bits per heavy atom. The van der Waals surface area contributed by atoms with Crippen LogP contribution in [0.3, 0.4) is 0 Å². The van der Waals surface area contributed by atoms with Gasteiger partial charge in [-0.2, -0.15) is 18.2 Å². The first-order valence-electron chi connectivity index (χ1n) is 11.1. The minimum atomic E-state index is -4.49. The van der Waals surface area contributed by atoms with E-state index in [1.54, 1.807) is 6.92 Å². The van der Waals surface area contributed by atoms with E-state index in [4.69, 9.17) is 17.3 Å². The lowest BCUT2D eigenvalue weighted by Crippen LogP contribution is -2.46. The molecule has 0 spiro atoms. The average molecular weight is 494 g/mol. The molecule has 0 aliphatic carbocycles. The number of piperazine rings is 1. The van der Waals surface area contributed by atoms with Crippen LogP contribution in [-0.4, -0.2) is 52.6 Å². The summed E-state index contributed by atoms with van der Waals surface area (Å²) in [6, 6.07) is 4.96. The number of nitrogens with zero attached hydrogens (tertiary/aromatic N) is 5. The van der Waals surface area contributed by atoms with Crippen LogP contribution >= 0.6 is 11.6 Å². The van der Waals surface area contributed by atoms with E-state index in [9.17, 15) is 13.2 Å². The number of pyridine rings is 1. The number of nitrogens with one attached hydrogen (secondary N) is 1. The number of hydrogen-bond acceptors (Lipinski definition) is 7. The van der Waals surface area contributed by atoms with Crippen LogP contribution in [0.2, 0.25) is 5.28 Å². The molecule has 0 saturated carbocycles. The van der Waals surface area contributed by atoms with E-state index in [2.05, 4.69) is 37.0 Å². The largest absolute Gasteiger partial charge is 0.416 e. The van der Waals surface area contributed by atoms with Gasteiger partial charge in [0, 0.05) is 31.9 Å². The maximum atomic E-state index is 13.3. The number of alkyl halides is 3. The molecule has 2 aromatic heterocycles. The number of nitrogens with two attached hydrogens (primary N) is 1. The lowest BCUT2D eigenvalue weighted by atomic mass is 10.0. The van der Waals surface area contributed by atoms with Gasteiger partial charge in [0.2, 0.25) is 5.28 Å². The van der Waals surface area contributed by atoms with Crippen molar-refractivity contribution in [2.24, 2.45) is 0 Å². The summed E-state index contributed by atoms with van der Waals surface area (Å²) >= 11 is 6.15. The Labute approximate surface area is 201 Å². The van der Waals surface area contributed by atoms with Gasteiger partial charge in [0.25, 0.3) is 0 Å². The summed E-state index contributed by atoms with van der Waals surface area (Å²) < 4.78 is 39.8. The van der Waals surface area contributed by atoms with Gasteiger partial charge in [-0.1, -0.05) is 6.92 Å². The number of fused-ring (bicyclic) bond motifs is 1. The van der Waals surface area contributed by atoms with Crippen LogP contribution in [-0.2, 0) is 6.18 Å². The van der Waals surface area contributed by atoms with Crippen molar-refractivity contribution in [2.45, 2.75) is 33.0 Å². The lowest BCUT2D eigenvalue weighted by molar-refractivity contribution is -0.137. The summed E-state index contributed by atoms with van der Waals surface area (Å²) in [5.74, 6) is 0.402.